The number of hydrogen-bond acceptors (Lipinski definition) is 4. The van der Waals surface area contributed by atoms with Crippen molar-refractivity contribution in [3.63, 3.8) is 0 Å². The second-order valence-corrected chi connectivity index (χ2v) is 7.30. The number of amides is 2. The van der Waals surface area contributed by atoms with Gasteiger partial charge in [-0.3, -0.25) is 14.4 Å². The molecule has 2 heterocycles. The minimum absolute atomic E-state index is 0.0586. The maximum absolute atomic E-state index is 12.8. The monoisotopic (exact) mass is 391 g/mol. The van der Waals surface area contributed by atoms with Gasteiger partial charge in [0.25, 0.3) is 17.6 Å². The zero-order chi connectivity index (χ0) is 21.3. The third-order valence-electron chi connectivity index (χ3n) is 4.59. The summed E-state index contributed by atoms with van der Waals surface area (Å²) in [5, 5.41) is 6.16. The number of nitrogens with one attached hydrogen (secondary N) is 3. The number of Topliss-reactive ketones (excluding diaryl/α,β-unsaturated/α-hetero) is 1. The van der Waals surface area contributed by atoms with Gasteiger partial charge in [0, 0.05) is 16.8 Å². The molecule has 0 aliphatic carbocycles. The molecule has 0 atom stereocenters. The lowest BCUT2D eigenvalue weighted by Crippen LogP contribution is -2.45. The number of carbonyl (C=O) groups excluding carboxylic acids is 3. The number of carbonyl (C=O) groups is 3. The molecule has 2 aromatic heterocycles. The number of aromatic nitrogens is 1. The van der Waals surface area contributed by atoms with Gasteiger partial charge >= 0.3 is 0 Å². The van der Waals surface area contributed by atoms with E-state index in [1.807, 2.05) is 0 Å². The summed E-state index contributed by atoms with van der Waals surface area (Å²) in [6.45, 7) is 6.51. The molecular weight excluding hydrogens is 370 g/mol. The Morgan fingerprint density at radius 3 is 2.59 bits per heavy atom. The van der Waals surface area contributed by atoms with Crippen molar-refractivity contribution in [2.75, 3.05) is 5.32 Å². The van der Waals surface area contributed by atoms with Crippen LogP contribution >= 0.6 is 0 Å². The molecule has 3 aromatic rings. The summed E-state index contributed by atoms with van der Waals surface area (Å²) in [5.41, 5.74) is 1.58. The zero-order valence-electron chi connectivity index (χ0n) is 16.6. The highest BCUT2D eigenvalue weighted by Crippen LogP contribution is 2.23. The molecular formula is C22H21N3O4. The molecule has 3 N–H and O–H groups in total. The lowest BCUT2D eigenvalue weighted by atomic mass is 10.0. The third-order valence-corrected chi connectivity index (χ3v) is 4.59. The smallest absolute Gasteiger partial charge is 0.295 e. The number of H-pyrrole nitrogens is 1. The molecule has 7 nitrogen and oxygen atoms in total. The van der Waals surface area contributed by atoms with Gasteiger partial charge in [-0.05, 0) is 57.5 Å². The molecule has 2 amide bonds. The van der Waals surface area contributed by atoms with Gasteiger partial charge in [0.05, 0.1) is 23.1 Å². The molecule has 7 heteroatoms. The number of aromatic amines is 1. The average molecular weight is 391 g/mol. The lowest BCUT2D eigenvalue weighted by Gasteiger charge is -2.18. The first-order chi connectivity index (χ1) is 13.6. The van der Waals surface area contributed by atoms with Crippen LogP contribution in [-0.2, 0) is 4.79 Å². The minimum Gasteiger partial charge on any atom is -0.464 e. The van der Waals surface area contributed by atoms with Crippen LogP contribution in [-0.4, -0.2) is 28.1 Å². The van der Waals surface area contributed by atoms with E-state index in [0.717, 1.165) is 5.39 Å². The van der Waals surface area contributed by atoms with Crippen LogP contribution in [0.1, 0.15) is 46.0 Å². The standard InChI is InChI=1S/C22H21N3O4/c1-6-22(4,5)25-21(28)19(26)18-12(2)17(13(3)23-18)20(27)24-15-7-8-16-14(11-15)9-10-29-16/h1,7-11,23H,2-5H3,(H,24,27)(H,25,28). The maximum atomic E-state index is 12.8. The van der Waals surface area contributed by atoms with Crippen LogP contribution < -0.4 is 10.6 Å². The Hall–Kier alpha value is -3.79. The molecule has 0 aliphatic heterocycles. The number of benzene rings is 1. The zero-order valence-corrected chi connectivity index (χ0v) is 16.6. The fourth-order valence-electron chi connectivity index (χ4n) is 3.05. The van der Waals surface area contributed by atoms with Gasteiger partial charge in [-0.15, -0.1) is 6.42 Å². The Bertz CT molecular complexity index is 1170. The summed E-state index contributed by atoms with van der Waals surface area (Å²) >= 11 is 0. The molecule has 0 spiro atoms. The molecule has 0 aliphatic rings. The molecule has 0 saturated carbocycles. The number of anilines is 1. The van der Waals surface area contributed by atoms with Gasteiger partial charge in [0.15, 0.2) is 0 Å². The molecule has 3 rings (SSSR count). The van der Waals surface area contributed by atoms with Crippen molar-refractivity contribution in [1.29, 1.82) is 0 Å². The van der Waals surface area contributed by atoms with Crippen molar-refractivity contribution in [2.24, 2.45) is 0 Å². The fourth-order valence-corrected chi connectivity index (χ4v) is 3.05. The van der Waals surface area contributed by atoms with Gasteiger partial charge in [-0.25, -0.2) is 0 Å². The molecule has 0 radical (unpaired) electrons. The Morgan fingerprint density at radius 1 is 1.17 bits per heavy atom. The molecule has 1 aromatic carbocycles. The van der Waals surface area contributed by atoms with Gasteiger partial charge in [0.1, 0.15) is 5.58 Å². The van der Waals surface area contributed by atoms with Crippen LogP contribution in [0.3, 0.4) is 0 Å². The van der Waals surface area contributed by atoms with Gasteiger partial charge < -0.3 is 20.0 Å². The first-order valence-electron chi connectivity index (χ1n) is 8.95. The first kappa shape index (κ1) is 20.0. The molecule has 0 fully saturated rings. The van der Waals surface area contributed by atoms with Crippen molar-refractivity contribution < 1.29 is 18.8 Å². The molecule has 0 saturated heterocycles. The fraction of sp³-hybridized carbons (Fsp3) is 0.227. The van der Waals surface area contributed by atoms with E-state index in [0.29, 0.717) is 28.1 Å². The highest BCUT2D eigenvalue weighted by Gasteiger charge is 2.28. The number of hydrogen-bond donors (Lipinski definition) is 3. The predicted molar refractivity (Wildman–Crippen MR) is 110 cm³/mol. The lowest BCUT2D eigenvalue weighted by molar-refractivity contribution is -0.118. The van der Waals surface area contributed by atoms with Gasteiger partial charge in [-0.1, -0.05) is 5.92 Å². The Kier molecular flexibility index (Phi) is 5.04. The minimum atomic E-state index is -0.964. The topological polar surface area (TPSA) is 104 Å². The molecule has 0 bridgehead atoms. The molecule has 0 unspecified atom stereocenters. The Labute approximate surface area is 167 Å². The van der Waals surface area contributed by atoms with Crippen molar-refractivity contribution in [3.05, 3.63) is 53.0 Å². The van der Waals surface area contributed by atoms with E-state index in [1.165, 1.54) is 0 Å². The number of furan rings is 1. The van der Waals surface area contributed by atoms with E-state index in [9.17, 15) is 14.4 Å². The Morgan fingerprint density at radius 2 is 1.90 bits per heavy atom. The highest BCUT2D eigenvalue weighted by atomic mass is 16.3. The van der Waals surface area contributed by atoms with Crippen molar-refractivity contribution in [2.45, 2.75) is 33.2 Å². The molecule has 148 valence electrons. The normalized spacial score (nSPS) is 11.1. The van der Waals surface area contributed by atoms with Crippen LogP contribution in [0.2, 0.25) is 0 Å². The van der Waals surface area contributed by atoms with Crippen LogP contribution in [0.5, 0.6) is 0 Å². The van der Waals surface area contributed by atoms with Crippen LogP contribution in [0.25, 0.3) is 11.0 Å². The predicted octanol–water partition coefficient (Wildman–Crippen LogP) is 3.34. The SMILES string of the molecule is C#CC(C)(C)NC(=O)C(=O)c1[nH]c(C)c(C(=O)Nc2ccc3occc3c2)c1C. The van der Waals surface area contributed by atoms with E-state index in [2.05, 4.69) is 21.5 Å². The largest absolute Gasteiger partial charge is 0.464 e. The van der Waals surface area contributed by atoms with Crippen molar-refractivity contribution >= 4 is 34.3 Å². The number of ketones is 1. The van der Waals surface area contributed by atoms with Crippen molar-refractivity contribution in [3.8, 4) is 12.3 Å². The van der Waals surface area contributed by atoms with Gasteiger partial charge in [-0.2, -0.15) is 0 Å². The van der Waals surface area contributed by atoms with E-state index in [4.69, 9.17) is 10.8 Å². The second kappa shape index (κ2) is 7.32. The quantitative estimate of drug-likeness (QED) is 0.352. The number of fused-ring (bicyclic) bond motifs is 1. The first-order valence-corrected chi connectivity index (χ1v) is 8.95. The number of rotatable bonds is 5. The van der Waals surface area contributed by atoms with Crippen LogP contribution in [0, 0.1) is 26.2 Å². The summed E-state index contributed by atoms with van der Waals surface area (Å²) < 4.78 is 5.29. The van der Waals surface area contributed by atoms with E-state index in [1.54, 1.807) is 58.2 Å². The average Bonchev–Trinajstić information content (AvgIpc) is 3.24. The maximum Gasteiger partial charge on any atom is 0.295 e. The van der Waals surface area contributed by atoms with Crippen LogP contribution in [0.4, 0.5) is 5.69 Å². The third kappa shape index (κ3) is 3.92. The number of terminal acetylenes is 1. The summed E-state index contributed by atoms with van der Waals surface area (Å²) in [6.07, 6.45) is 6.92. The second-order valence-electron chi connectivity index (χ2n) is 7.30. The van der Waals surface area contributed by atoms with E-state index >= 15 is 0 Å². The summed E-state index contributed by atoms with van der Waals surface area (Å²) in [4.78, 5) is 40.5. The highest BCUT2D eigenvalue weighted by molar-refractivity contribution is 6.43. The summed E-state index contributed by atoms with van der Waals surface area (Å²) in [5.74, 6) is 0.392. The summed E-state index contributed by atoms with van der Waals surface area (Å²) in [6, 6.07) is 7.07. The number of aryl methyl sites for hydroxylation is 1. The Balaban J connectivity index is 1.84. The van der Waals surface area contributed by atoms with E-state index < -0.39 is 17.2 Å². The van der Waals surface area contributed by atoms with Gasteiger partial charge in [0.2, 0.25) is 0 Å². The van der Waals surface area contributed by atoms with Crippen LogP contribution in [0.15, 0.2) is 34.9 Å². The van der Waals surface area contributed by atoms with Crippen molar-refractivity contribution in [1.82, 2.24) is 10.3 Å². The summed E-state index contributed by atoms with van der Waals surface area (Å²) in [7, 11) is 0. The van der Waals surface area contributed by atoms with E-state index in [-0.39, 0.29) is 11.6 Å². The molecule has 29 heavy (non-hydrogen) atoms.